The maximum atomic E-state index is 12.2. The molecule has 0 atom stereocenters. The second-order valence-electron chi connectivity index (χ2n) is 7.17. The summed E-state index contributed by atoms with van der Waals surface area (Å²) in [6.45, 7) is 14.1. The van der Waals surface area contributed by atoms with Crippen molar-refractivity contribution in [3.63, 3.8) is 0 Å². The van der Waals surface area contributed by atoms with E-state index in [9.17, 15) is 4.79 Å². The van der Waals surface area contributed by atoms with Gasteiger partial charge in [0, 0.05) is 10.5 Å². The van der Waals surface area contributed by atoms with Crippen molar-refractivity contribution in [1.29, 1.82) is 0 Å². The topological polar surface area (TPSA) is 26.3 Å². The van der Waals surface area contributed by atoms with Crippen LogP contribution < -0.4 is 0 Å². The minimum Gasteiger partial charge on any atom is -0.456 e. The van der Waals surface area contributed by atoms with E-state index in [1.807, 2.05) is 27.7 Å². The van der Waals surface area contributed by atoms with Crippen molar-refractivity contribution >= 4 is 26.7 Å². The van der Waals surface area contributed by atoms with E-state index in [1.54, 1.807) is 12.1 Å². The van der Waals surface area contributed by atoms with Crippen LogP contribution in [0.5, 0.6) is 0 Å². The molecule has 0 amide bonds. The van der Waals surface area contributed by atoms with Crippen molar-refractivity contribution in [3.8, 4) is 11.5 Å². The molecule has 21 heavy (non-hydrogen) atoms. The maximum Gasteiger partial charge on any atom is 0.338 e. The van der Waals surface area contributed by atoms with Gasteiger partial charge in [0.1, 0.15) is 13.7 Å². The van der Waals surface area contributed by atoms with Crippen LogP contribution in [-0.2, 0) is 4.74 Å². The van der Waals surface area contributed by atoms with E-state index in [1.165, 1.54) is 0 Å². The Morgan fingerprint density at radius 2 is 1.81 bits per heavy atom. The van der Waals surface area contributed by atoms with E-state index >= 15 is 0 Å². The Morgan fingerprint density at radius 3 is 2.29 bits per heavy atom. The van der Waals surface area contributed by atoms with Gasteiger partial charge < -0.3 is 4.74 Å². The van der Waals surface area contributed by atoms with Crippen molar-refractivity contribution in [2.45, 2.75) is 57.8 Å². The summed E-state index contributed by atoms with van der Waals surface area (Å²) in [4.78, 5) is 12.9. The predicted molar refractivity (Wildman–Crippen MR) is 93.8 cm³/mol. The summed E-state index contributed by atoms with van der Waals surface area (Å²) < 4.78 is 5.41. The molecule has 1 aromatic rings. The Kier molecular flexibility index (Phi) is 5.35. The van der Waals surface area contributed by atoms with Crippen LogP contribution in [0.2, 0.25) is 19.6 Å². The van der Waals surface area contributed by atoms with Gasteiger partial charge in [-0.15, -0.1) is 18.2 Å². The summed E-state index contributed by atoms with van der Waals surface area (Å²) in [7, 11) is -1.47. The maximum absolute atomic E-state index is 12.2. The zero-order valence-corrected chi connectivity index (χ0v) is 15.8. The molecule has 0 radical (unpaired) electrons. The summed E-state index contributed by atoms with van der Waals surface area (Å²) in [5.74, 6) is 2.87. The molecule has 0 saturated carbocycles. The lowest BCUT2D eigenvalue weighted by Crippen LogP contribution is -2.24. The zero-order valence-electron chi connectivity index (χ0n) is 13.9. The van der Waals surface area contributed by atoms with E-state index in [-0.39, 0.29) is 5.97 Å². The molecule has 0 spiro atoms. The summed E-state index contributed by atoms with van der Waals surface area (Å²) >= 11 is 4.44. The van der Waals surface area contributed by atoms with E-state index in [0.29, 0.717) is 5.56 Å². The highest BCUT2D eigenvalue weighted by Crippen LogP contribution is 2.22. The molecule has 0 heterocycles. The molecule has 0 aliphatic heterocycles. The zero-order chi connectivity index (χ0) is 16.4. The second-order valence-corrected chi connectivity index (χ2v) is 12.4. The number of hydrogen-bond acceptors (Lipinski definition) is 3. The van der Waals surface area contributed by atoms with Gasteiger partial charge in [-0.05, 0) is 45.4 Å². The van der Waals surface area contributed by atoms with Gasteiger partial charge in [-0.2, -0.15) is 0 Å². The lowest BCUT2D eigenvalue weighted by atomic mass is 10.1. The van der Waals surface area contributed by atoms with E-state index in [2.05, 4.69) is 43.7 Å². The number of esters is 1. The van der Waals surface area contributed by atoms with Gasteiger partial charge in [0.2, 0.25) is 0 Å². The molecule has 0 unspecified atom stereocenters. The van der Waals surface area contributed by atoms with Crippen molar-refractivity contribution in [2.24, 2.45) is 0 Å². The van der Waals surface area contributed by atoms with Gasteiger partial charge in [0.05, 0.1) is 5.56 Å². The van der Waals surface area contributed by atoms with Crippen LogP contribution in [0.25, 0.3) is 0 Å². The molecular weight excluding hydrogens is 296 g/mol. The largest absolute Gasteiger partial charge is 0.456 e. The van der Waals surface area contributed by atoms with E-state index in [0.717, 1.165) is 16.0 Å². The third kappa shape index (κ3) is 5.99. The normalized spacial score (nSPS) is 11.6. The minimum atomic E-state index is -1.47. The van der Waals surface area contributed by atoms with Crippen molar-refractivity contribution in [2.75, 3.05) is 0 Å². The fourth-order valence-electron chi connectivity index (χ4n) is 1.54. The highest BCUT2D eigenvalue weighted by Gasteiger charge is 2.19. The molecule has 0 fully saturated rings. The van der Waals surface area contributed by atoms with Gasteiger partial charge in [-0.3, -0.25) is 0 Å². The van der Waals surface area contributed by atoms with Crippen LogP contribution in [0.3, 0.4) is 0 Å². The molecule has 2 nitrogen and oxygen atoms in total. The Bertz CT molecular complexity index is 611. The van der Waals surface area contributed by atoms with Crippen molar-refractivity contribution in [3.05, 3.63) is 28.8 Å². The standard InChI is InChI=1S/C17H24O2SSi/c1-12-13(8-9-21(5,6)7)10-14(11-15(12)20)16(18)19-17(2,3)4/h10-11,20H,1-7H3. The molecular formula is C17H24O2SSi. The number of carbonyl (C=O) groups excluding carboxylic acids is 1. The molecule has 0 saturated heterocycles. The van der Waals surface area contributed by atoms with Crippen molar-refractivity contribution in [1.82, 2.24) is 0 Å². The van der Waals surface area contributed by atoms with Gasteiger partial charge in [-0.1, -0.05) is 25.6 Å². The summed E-state index contributed by atoms with van der Waals surface area (Å²) in [5.41, 5.74) is 5.16. The first kappa shape index (κ1) is 17.9. The highest BCUT2D eigenvalue weighted by molar-refractivity contribution is 7.80. The van der Waals surface area contributed by atoms with Crippen LogP contribution in [0.15, 0.2) is 17.0 Å². The average molecular weight is 321 g/mol. The Hall–Kier alpha value is -1.18. The monoisotopic (exact) mass is 320 g/mol. The number of carbonyl (C=O) groups is 1. The van der Waals surface area contributed by atoms with Crippen LogP contribution in [0.1, 0.15) is 42.3 Å². The van der Waals surface area contributed by atoms with Gasteiger partial charge in [0.15, 0.2) is 0 Å². The number of ether oxygens (including phenoxy) is 1. The Balaban J connectivity index is 3.23. The van der Waals surface area contributed by atoms with Gasteiger partial charge >= 0.3 is 5.97 Å². The first-order valence-electron chi connectivity index (χ1n) is 6.99. The first-order valence-corrected chi connectivity index (χ1v) is 10.9. The predicted octanol–water partition coefficient (Wildman–Crippen LogP) is 4.47. The first-order chi connectivity index (χ1) is 9.39. The second kappa shape index (κ2) is 6.29. The number of rotatable bonds is 1. The molecule has 0 aliphatic rings. The van der Waals surface area contributed by atoms with Crippen LogP contribution in [-0.4, -0.2) is 19.6 Å². The van der Waals surface area contributed by atoms with E-state index < -0.39 is 13.7 Å². The fourth-order valence-corrected chi connectivity index (χ4v) is 2.31. The van der Waals surface area contributed by atoms with E-state index in [4.69, 9.17) is 4.74 Å². The number of hydrogen-bond donors (Lipinski definition) is 1. The molecule has 0 aliphatic carbocycles. The number of thiol groups is 1. The van der Waals surface area contributed by atoms with Gasteiger partial charge in [-0.25, -0.2) is 4.79 Å². The third-order valence-corrected chi connectivity index (χ3v) is 3.93. The van der Waals surface area contributed by atoms with Crippen LogP contribution in [0.4, 0.5) is 0 Å². The van der Waals surface area contributed by atoms with Gasteiger partial charge in [0.25, 0.3) is 0 Å². The lowest BCUT2D eigenvalue weighted by molar-refractivity contribution is 0.00692. The molecule has 114 valence electrons. The average Bonchev–Trinajstić information content (AvgIpc) is 2.27. The third-order valence-electron chi connectivity index (χ3n) is 2.59. The summed E-state index contributed by atoms with van der Waals surface area (Å²) in [5, 5.41) is 0. The van der Waals surface area contributed by atoms with Crippen LogP contribution in [0, 0.1) is 18.4 Å². The molecule has 0 bridgehead atoms. The lowest BCUT2D eigenvalue weighted by Gasteiger charge is -2.20. The molecule has 1 aromatic carbocycles. The van der Waals surface area contributed by atoms with Crippen molar-refractivity contribution < 1.29 is 9.53 Å². The summed E-state index contributed by atoms with van der Waals surface area (Å²) in [6, 6.07) is 3.54. The quantitative estimate of drug-likeness (QED) is 0.358. The minimum absolute atomic E-state index is 0.339. The number of benzene rings is 1. The molecule has 1 rings (SSSR count). The Labute approximate surface area is 134 Å². The SMILES string of the molecule is Cc1c(S)cc(C(=O)OC(C)(C)C)cc1C#C[Si](C)(C)C. The smallest absolute Gasteiger partial charge is 0.338 e. The molecule has 0 aromatic heterocycles. The highest BCUT2D eigenvalue weighted by atomic mass is 32.1. The fraction of sp³-hybridized carbons (Fsp3) is 0.471. The Morgan fingerprint density at radius 1 is 1.24 bits per heavy atom. The molecule has 0 N–H and O–H groups in total. The molecule has 4 heteroatoms. The van der Waals surface area contributed by atoms with Crippen LogP contribution >= 0.6 is 12.6 Å². The summed E-state index contributed by atoms with van der Waals surface area (Å²) in [6.07, 6.45) is 0.